The summed E-state index contributed by atoms with van der Waals surface area (Å²) >= 11 is 0. The van der Waals surface area contributed by atoms with Gasteiger partial charge in [-0.25, -0.2) is 4.79 Å². The smallest absolute Gasteiger partial charge is 0.397 e. The van der Waals surface area contributed by atoms with Crippen LogP contribution in [0.4, 0.5) is 0 Å². The molecule has 7 heteroatoms. The van der Waals surface area contributed by atoms with E-state index >= 15 is 0 Å². The number of hydrogen-bond acceptors (Lipinski definition) is 6. The summed E-state index contributed by atoms with van der Waals surface area (Å²) in [6, 6.07) is 0. The summed E-state index contributed by atoms with van der Waals surface area (Å²) in [4.78, 5) is 37.9. The van der Waals surface area contributed by atoms with Crippen molar-refractivity contribution in [2.24, 2.45) is 0 Å². The first-order valence-corrected chi connectivity index (χ1v) is 4.57. The van der Waals surface area contributed by atoms with E-state index in [2.05, 4.69) is 16.2 Å². The van der Waals surface area contributed by atoms with E-state index in [1.807, 2.05) is 0 Å². The number of rotatable bonds is 5. The Morgan fingerprint density at radius 2 is 1.94 bits per heavy atom. The third kappa shape index (κ3) is 2.80. The van der Waals surface area contributed by atoms with Gasteiger partial charge in [-0.1, -0.05) is 0 Å². The summed E-state index contributed by atoms with van der Waals surface area (Å²) in [6.07, 6.45) is 0.0478. The van der Waals surface area contributed by atoms with E-state index in [4.69, 9.17) is 5.11 Å². The van der Waals surface area contributed by atoms with Crippen LogP contribution in [0.1, 0.15) is 12.8 Å². The molecule has 1 N–H and O–H groups in total. The van der Waals surface area contributed by atoms with Gasteiger partial charge in [0, 0.05) is 12.8 Å². The first kappa shape index (κ1) is 12.2. The predicted molar refractivity (Wildman–Crippen MR) is 49.4 cm³/mol. The van der Waals surface area contributed by atoms with Gasteiger partial charge in [0.25, 0.3) is 11.8 Å². The third-order valence-corrected chi connectivity index (χ3v) is 1.78. The Bertz CT molecular complexity index is 321. The van der Waals surface area contributed by atoms with Crippen LogP contribution in [0, 0.1) is 0 Å². The van der Waals surface area contributed by atoms with Crippen LogP contribution in [0.15, 0.2) is 12.3 Å². The lowest BCUT2D eigenvalue weighted by Crippen LogP contribution is -2.32. The van der Waals surface area contributed by atoms with Crippen molar-refractivity contribution in [2.75, 3.05) is 13.2 Å². The second-order valence-corrected chi connectivity index (χ2v) is 2.96. The molecule has 0 spiro atoms. The number of aliphatic hydroxyl groups is 1. The van der Waals surface area contributed by atoms with Crippen molar-refractivity contribution in [2.45, 2.75) is 12.8 Å². The van der Waals surface area contributed by atoms with E-state index in [1.54, 1.807) is 0 Å². The molecule has 0 aromatic heterocycles. The normalized spacial score (nSPS) is 15.2. The third-order valence-electron chi connectivity index (χ3n) is 1.78. The Morgan fingerprint density at radius 3 is 2.44 bits per heavy atom. The minimum Gasteiger partial charge on any atom is -0.484 e. The molecule has 0 bridgehead atoms. The number of aliphatic hydroxyl groups excluding tert-OH is 1. The number of imide groups is 1. The maximum absolute atomic E-state index is 11.2. The molecule has 7 nitrogen and oxygen atoms in total. The van der Waals surface area contributed by atoms with Crippen LogP contribution in [-0.4, -0.2) is 41.2 Å². The highest BCUT2D eigenvalue weighted by Gasteiger charge is 2.33. The minimum atomic E-state index is -1.03. The zero-order valence-electron chi connectivity index (χ0n) is 8.47. The van der Waals surface area contributed by atoms with E-state index in [0.717, 1.165) is 0 Å². The first-order chi connectivity index (χ1) is 7.56. The van der Waals surface area contributed by atoms with Crippen LogP contribution >= 0.6 is 0 Å². The molecule has 0 saturated carbocycles. The fourth-order valence-corrected chi connectivity index (χ4v) is 1.02. The molecule has 1 fully saturated rings. The molecule has 0 aromatic rings. The molecule has 16 heavy (non-hydrogen) atoms. The van der Waals surface area contributed by atoms with E-state index in [9.17, 15) is 14.4 Å². The first-order valence-electron chi connectivity index (χ1n) is 4.57. The van der Waals surface area contributed by atoms with Crippen LogP contribution in [0.2, 0.25) is 0 Å². The van der Waals surface area contributed by atoms with Gasteiger partial charge in [0.05, 0.1) is 6.61 Å². The Balaban J connectivity index is 2.47. The number of carbonyl (C=O) groups excluding carboxylic acids is 3. The van der Waals surface area contributed by atoms with Crippen LogP contribution in [0.5, 0.6) is 0 Å². The van der Waals surface area contributed by atoms with E-state index in [0.29, 0.717) is 5.06 Å². The van der Waals surface area contributed by atoms with Gasteiger partial charge in [-0.05, 0) is 6.58 Å². The molecular formula is C9H11NO6. The monoisotopic (exact) mass is 229 g/mol. The molecule has 0 radical (unpaired) electrons. The van der Waals surface area contributed by atoms with Gasteiger partial charge >= 0.3 is 5.97 Å². The van der Waals surface area contributed by atoms with Gasteiger partial charge in [-0.2, -0.15) is 0 Å². The lowest BCUT2D eigenvalue weighted by atomic mass is 10.4. The lowest BCUT2D eigenvalue weighted by Gasteiger charge is -2.13. The maximum atomic E-state index is 11.2. The summed E-state index contributed by atoms with van der Waals surface area (Å²) in [7, 11) is 0. The largest absolute Gasteiger partial charge is 0.484 e. The molecule has 1 aliphatic heterocycles. The molecule has 0 aromatic carbocycles. The molecule has 1 saturated heterocycles. The molecular weight excluding hydrogens is 218 g/mol. The molecule has 1 aliphatic rings. The minimum absolute atomic E-state index is 0.0239. The van der Waals surface area contributed by atoms with Crippen molar-refractivity contribution in [1.29, 1.82) is 0 Å². The summed E-state index contributed by atoms with van der Waals surface area (Å²) in [5, 5.41) is 8.83. The standard InChI is InChI=1S/C9H11NO6/c1-6(15-5-4-11)9(14)16-10-7(12)2-3-8(10)13/h11H,1-5H2. The molecule has 1 heterocycles. The van der Waals surface area contributed by atoms with E-state index < -0.39 is 17.8 Å². The van der Waals surface area contributed by atoms with Gasteiger partial charge in [0.15, 0.2) is 5.76 Å². The number of ether oxygens (including phenoxy) is 1. The van der Waals surface area contributed by atoms with Crippen molar-refractivity contribution in [3.05, 3.63) is 12.3 Å². The van der Waals surface area contributed by atoms with E-state index in [-0.39, 0.29) is 31.8 Å². The summed E-state index contributed by atoms with van der Waals surface area (Å²) in [5.74, 6) is -2.56. The SMILES string of the molecule is C=C(OCCO)C(=O)ON1C(=O)CCC1=O. The van der Waals surface area contributed by atoms with Gasteiger partial charge in [0.1, 0.15) is 6.61 Å². The predicted octanol–water partition coefficient (Wildman–Crippen LogP) is -0.884. The van der Waals surface area contributed by atoms with E-state index in [1.165, 1.54) is 0 Å². The highest BCUT2D eigenvalue weighted by molar-refractivity contribution is 6.02. The van der Waals surface area contributed by atoms with Crippen LogP contribution < -0.4 is 0 Å². The second-order valence-electron chi connectivity index (χ2n) is 2.96. The van der Waals surface area contributed by atoms with Gasteiger partial charge < -0.3 is 14.7 Å². The van der Waals surface area contributed by atoms with Crippen molar-refractivity contribution in [3.63, 3.8) is 0 Å². The number of nitrogens with zero attached hydrogens (tertiary/aromatic N) is 1. The average molecular weight is 229 g/mol. The number of hydrogen-bond donors (Lipinski definition) is 1. The van der Waals surface area contributed by atoms with Gasteiger partial charge in [-0.3, -0.25) is 9.59 Å². The number of amides is 2. The number of carbonyl (C=O) groups is 3. The van der Waals surface area contributed by atoms with Crippen LogP contribution in [0.25, 0.3) is 0 Å². The van der Waals surface area contributed by atoms with Crippen LogP contribution in [0.3, 0.4) is 0 Å². The zero-order chi connectivity index (χ0) is 12.1. The zero-order valence-corrected chi connectivity index (χ0v) is 8.47. The van der Waals surface area contributed by atoms with Gasteiger partial charge in [0.2, 0.25) is 0 Å². The fraction of sp³-hybridized carbons (Fsp3) is 0.444. The van der Waals surface area contributed by atoms with Gasteiger partial charge in [-0.15, -0.1) is 5.06 Å². The van der Waals surface area contributed by atoms with Crippen molar-refractivity contribution in [3.8, 4) is 0 Å². The number of hydroxylamine groups is 2. The second kappa shape index (κ2) is 5.26. The molecule has 1 rings (SSSR count). The van der Waals surface area contributed by atoms with Crippen molar-refractivity contribution in [1.82, 2.24) is 5.06 Å². The summed E-state index contributed by atoms with van der Waals surface area (Å²) in [6.45, 7) is 2.83. The Morgan fingerprint density at radius 1 is 1.38 bits per heavy atom. The highest BCUT2D eigenvalue weighted by Crippen LogP contribution is 2.13. The lowest BCUT2D eigenvalue weighted by molar-refractivity contribution is -0.196. The summed E-state index contributed by atoms with van der Waals surface area (Å²) in [5.41, 5.74) is 0. The molecule has 0 atom stereocenters. The van der Waals surface area contributed by atoms with Crippen molar-refractivity contribution < 1.29 is 29.1 Å². The average Bonchev–Trinajstić information content (AvgIpc) is 2.57. The highest BCUT2D eigenvalue weighted by atomic mass is 16.7. The quantitative estimate of drug-likeness (QED) is 0.373. The Labute approximate surface area is 91.2 Å². The molecule has 0 unspecified atom stereocenters. The maximum Gasteiger partial charge on any atom is 0.397 e. The van der Waals surface area contributed by atoms with Crippen molar-refractivity contribution >= 4 is 17.8 Å². The molecule has 0 aliphatic carbocycles. The fourth-order valence-electron chi connectivity index (χ4n) is 1.02. The Kier molecular flexibility index (Phi) is 4.01. The van der Waals surface area contributed by atoms with Crippen LogP contribution in [-0.2, 0) is 24.0 Å². The summed E-state index contributed by atoms with van der Waals surface area (Å²) < 4.78 is 4.67. The molecule has 2 amide bonds. The Hall–Kier alpha value is -1.89. The topological polar surface area (TPSA) is 93.1 Å². The molecule has 88 valence electrons.